The number of hydrogen-bond donors (Lipinski definition) is 1. The number of carbonyl (C=O) groups excluding carboxylic acids is 1. The second kappa shape index (κ2) is 2.53. The van der Waals surface area contributed by atoms with Crippen molar-refractivity contribution < 1.29 is 13.6 Å². The Balaban J connectivity index is 2.04. The predicted octanol–water partition coefficient (Wildman–Crippen LogP) is 1.80. The van der Waals surface area contributed by atoms with Crippen LogP contribution in [0.15, 0.2) is 0 Å². The smallest absolute Gasteiger partial charge is 0.254 e. The third-order valence-corrected chi connectivity index (χ3v) is 4.81. The Morgan fingerprint density at radius 2 is 2.07 bits per heavy atom. The molecule has 15 heavy (non-hydrogen) atoms. The average molecular weight is 215 g/mol. The lowest BCUT2D eigenvalue weighted by Gasteiger charge is -2.31. The van der Waals surface area contributed by atoms with Crippen molar-refractivity contribution in [3.8, 4) is 0 Å². The van der Waals surface area contributed by atoms with Crippen LogP contribution >= 0.6 is 0 Å². The second-order valence-corrected chi connectivity index (χ2v) is 5.40. The summed E-state index contributed by atoms with van der Waals surface area (Å²) < 4.78 is 27.8. The first kappa shape index (κ1) is 9.55. The molecule has 0 aliphatic heterocycles. The van der Waals surface area contributed by atoms with Crippen LogP contribution in [0.5, 0.6) is 0 Å². The minimum Gasteiger partial charge on any atom is -0.359 e. The number of carbonyl (C=O) groups is 1. The fraction of sp³-hybridized carbons (Fsp3) is 0.909. The zero-order valence-electron chi connectivity index (χ0n) is 8.72. The van der Waals surface area contributed by atoms with Crippen LogP contribution in [-0.2, 0) is 4.79 Å². The van der Waals surface area contributed by atoms with Crippen LogP contribution in [0, 0.1) is 23.2 Å². The van der Waals surface area contributed by atoms with Gasteiger partial charge in [0.15, 0.2) is 0 Å². The SMILES string of the molecule is CNC(=O)C12CC3CC(C1)C(F)(F)C2C3. The molecule has 4 rings (SSSR count). The predicted molar refractivity (Wildman–Crippen MR) is 50.4 cm³/mol. The zero-order chi connectivity index (χ0) is 10.8. The van der Waals surface area contributed by atoms with Crippen molar-refractivity contribution in [1.82, 2.24) is 5.32 Å². The van der Waals surface area contributed by atoms with E-state index in [1.165, 1.54) is 0 Å². The summed E-state index contributed by atoms with van der Waals surface area (Å²) in [5, 5.41) is 2.58. The molecule has 4 fully saturated rings. The molecule has 4 unspecified atom stereocenters. The third-order valence-electron chi connectivity index (χ3n) is 4.81. The van der Waals surface area contributed by atoms with Gasteiger partial charge in [-0.15, -0.1) is 0 Å². The Morgan fingerprint density at radius 1 is 1.33 bits per heavy atom. The summed E-state index contributed by atoms with van der Waals surface area (Å²) in [6.07, 6.45) is 2.27. The molecule has 1 amide bonds. The van der Waals surface area contributed by atoms with E-state index >= 15 is 0 Å². The monoisotopic (exact) mass is 215 g/mol. The van der Waals surface area contributed by atoms with Crippen molar-refractivity contribution >= 4 is 5.91 Å². The number of halogens is 2. The Morgan fingerprint density at radius 3 is 2.73 bits per heavy atom. The molecule has 1 N–H and O–H groups in total. The number of hydrogen-bond acceptors (Lipinski definition) is 1. The van der Waals surface area contributed by atoms with Crippen molar-refractivity contribution in [2.45, 2.75) is 31.6 Å². The van der Waals surface area contributed by atoms with E-state index in [9.17, 15) is 13.6 Å². The lowest BCUT2D eigenvalue weighted by molar-refractivity contribution is -0.137. The van der Waals surface area contributed by atoms with Crippen molar-refractivity contribution in [2.24, 2.45) is 23.2 Å². The normalized spacial score (nSPS) is 49.7. The molecule has 4 aliphatic rings. The third kappa shape index (κ3) is 0.911. The molecule has 0 aromatic carbocycles. The van der Waals surface area contributed by atoms with Gasteiger partial charge in [-0.25, -0.2) is 8.78 Å². The highest BCUT2D eigenvalue weighted by Gasteiger charge is 2.73. The Hall–Kier alpha value is -0.670. The fourth-order valence-corrected chi connectivity index (χ4v) is 4.33. The second-order valence-electron chi connectivity index (χ2n) is 5.40. The highest BCUT2D eigenvalue weighted by atomic mass is 19.3. The van der Waals surface area contributed by atoms with E-state index < -0.39 is 23.2 Å². The quantitative estimate of drug-likeness (QED) is 0.710. The maximum atomic E-state index is 13.9. The van der Waals surface area contributed by atoms with Crippen LogP contribution in [0.1, 0.15) is 25.7 Å². The van der Waals surface area contributed by atoms with Crippen molar-refractivity contribution in [1.29, 1.82) is 0 Å². The molecule has 4 aliphatic carbocycles. The van der Waals surface area contributed by atoms with Crippen LogP contribution in [0.2, 0.25) is 0 Å². The number of alkyl halides is 2. The molecular formula is C11H15F2NO. The molecule has 0 aromatic heterocycles. The van der Waals surface area contributed by atoms with Gasteiger partial charge in [-0.2, -0.15) is 0 Å². The number of rotatable bonds is 1. The molecule has 0 heterocycles. The molecular weight excluding hydrogens is 200 g/mol. The summed E-state index contributed by atoms with van der Waals surface area (Å²) in [6, 6.07) is 0. The van der Waals surface area contributed by atoms with E-state index in [1.54, 1.807) is 7.05 Å². The van der Waals surface area contributed by atoms with Gasteiger partial charge in [0.05, 0.1) is 5.41 Å². The highest BCUT2D eigenvalue weighted by molar-refractivity contribution is 5.84. The average Bonchev–Trinajstić information content (AvgIpc) is 2.55. The van der Waals surface area contributed by atoms with E-state index in [1.807, 2.05) is 0 Å². The van der Waals surface area contributed by atoms with Crippen LogP contribution < -0.4 is 5.32 Å². The van der Waals surface area contributed by atoms with Gasteiger partial charge < -0.3 is 5.32 Å². The van der Waals surface area contributed by atoms with Gasteiger partial charge in [0.2, 0.25) is 5.91 Å². The van der Waals surface area contributed by atoms with Gasteiger partial charge in [0.25, 0.3) is 5.92 Å². The van der Waals surface area contributed by atoms with E-state index in [4.69, 9.17) is 0 Å². The first-order valence-corrected chi connectivity index (χ1v) is 5.60. The zero-order valence-corrected chi connectivity index (χ0v) is 8.72. The molecule has 0 aromatic rings. The molecule has 4 heteroatoms. The largest absolute Gasteiger partial charge is 0.359 e. The van der Waals surface area contributed by atoms with Crippen LogP contribution in [-0.4, -0.2) is 18.9 Å². The molecule has 2 nitrogen and oxygen atoms in total. The van der Waals surface area contributed by atoms with Gasteiger partial charge >= 0.3 is 0 Å². The molecule has 4 saturated carbocycles. The van der Waals surface area contributed by atoms with Gasteiger partial charge in [0.1, 0.15) is 0 Å². The Labute approximate surface area is 87.4 Å². The minimum atomic E-state index is -2.60. The Kier molecular flexibility index (Phi) is 1.61. The van der Waals surface area contributed by atoms with Gasteiger partial charge in [-0.05, 0) is 31.6 Å². The standard InChI is InChI=1S/C11H15F2NO/c1-14-9(15)10-4-6-2-7(5-10)11(12,13)8(10)3-6/h6-8H,2-5H2,1H3,(H,14,15). The summed E-state index contributed by atoms with van der Waals surface area (Å²) in [5.74, 6) is -3.61. The van der Waals surface area contributed by atoms with Gasteiger partial charge in [0, 0.05) is 18.9 Å². The summed E-state index contributed by atoms with van der Waals surface area (Å²) >= 11 is 0. The first-order chi connectivity index (χ1) is 7.00. The molecule has 0 spiro atoms. The maximum absolute atomic E-state index is 13.9. The van der Waals surface area contributed by atoms with Crippen LogP contribution in [0.25, 0.3) is 0 Å². The van der Waals surface area contributed by atoms with Crippen molar-refractivity contribution in [2.75, 3.05) is 7.05 Å². The summed E-state index contributed by atoms with van der Waals surface area (Å²) in [4.78, 5) is 11.8. The lowest BCUT2D eigenvalue weighted by Crippen LogP contribution is -2.42. The van der Waals surface area contributed by atoms with Gasteiger partial charge in [-0.1, -0.05) is 0 Å². The molecule has 0 radical (unpaired) electrons. The first-order valence-electron chi connectivity index (χ1n) is 5.60. The summed E-state index contributed by atoms with van der Waals surface area (Å²) in [7, 11) is 1.55. The topological polar surface area (TPSA) is 29.1 Å². The summed E-state index contributed by atoms with van der Waals surface area (Å²) in [6.45, 7) is 0. The van der Waals surface area contributed by atoms with E-state index in [0.29, 0.717) is 31.6 Å². The van der Waals surface area contributed by atoms with Crippen LogP contribution in [0.4, 0.5) is 8.78 Å². The molecule has 84 valence electrons. The molecule has 4 bridgehead atoms. The van der Waals surface area contributed by atoms with E-state index in [-0.39, 0.29) is 5.91 Å². The lowest BCUT2D eigenvalue weighted by atomic mass is 9.75. The Bertz CT molecular complexity index is 331. The highest BCUT2D eigenvalue weighted by Crippen LogP contribution is 2.70. The minimum absolute atomic E-state index is 0.156. The van der Waals surface area contributed by atoms with Crippen molar-refractivity contribution in [3.05, 3.63) is 0 Å². The van der Waals surface area contributed by atoms with E-state index in [2.05, 4.69) is 5.32 Å². The van der Waals surface area contributed by atoms with Crippen molar-refractivity contribution in [3.63, 3.8) is 0 Å². The van der Waals surface area contributed by atoms with Gasteiger partial charge in [-0.3, -0.25) is 4.79 Å². The van der Waals surface area contributed by atoms with E-state index in [0.717, 1.165) is 0 Å². The fourth-order valence-electron chi connectivity index (χ4n) is 4.33. The molecule has 4 atom stereocenters. The van der Waals surface area contributed by atoms with Crippen LogP contribution in [0.3, 0.4) is 0 Å². The number of nitrogens with one attached hydrogen (secondary N) is 1. The summed E-state index contributed by atoms with van der Waals surface area (Å²) in [5.41, 5.74) is -0.730. The maximum Gasteiger partial charge on any atom is 0.254 e. The molecule has 0 saturated heterocycles. The number of amides is 1.